The fraction of sp³-hybridized carbons (Fsp3) is 0.318. The van der Waals surface area contributed by atoms with Gasteiger partial charge in [0.25, 0.3) is 0 Å². The summed E-state index contributed by atoms with van der Waals surface area (Å²) in [7, 11) is 0. The van der Waals surface area contributed by atoms with E-state index in [4.69, 9.17) is 15.8 Å². The number of nitriles is 1. The van der Waals surface area contributed by atoms with Crippen molar-refractivity contribution in [3.8, 4) is 6.07 Å². The summed E-state index contributed by atoms with van der Waals surface area (Å²) in [6, 6.07) is 7.55. The van der Waals surface area contributed by atoms with Gasteiger partial charge in [0.15, 0.2) is 5.65 Å². The number of aromatic nitrogens is 4. The number of hydrogen-bond donors (Lipinski definition) is 2. The Bertz CT molecular complexity index is 1230. The minimum absolute atomic E-state index is 0.197. The Labute approximate surface area is 173 Å². The van der Waals surface area contributed by atoms with Crippen LogP contribution in [0.4, 0.5) is 11.5 Å². The molecule has 8 heteroatoms. The van der Waals surface area contributed by atoms with Crippen LogP contribution in [0.15, 0.2) is 30.9 Å². The molecule has 3 aromatic rings. The van der Waals surface area contributed by atoms with E-state index < -0.39 is 5.92 Å². The largest absolute Gasteiger partial charge is 0.383 e. The molecule has 2 aromatic heterocycles. The zero-order chi connectivity index (χ0) is 20.8. The highest BCUT2D eigenvalue weighted by atomic mass is 16.2. The second-order valence-corrected chi connectivity index (χ2v) is 7.82. The number of amides is 1. The molecule has 3 N–H and O–H groups in total. The lowest BCUT2D eigenvalue weighted by molar-refractivity contribution is -0.116. The maximum Gasteiger partial charge on any atom is 0.238 e. The minimum atomic E-state index is -0.675. The van der Waals surface area contributed by atoms with Crippen molar-refractivity contribution in [1.82, 2.24) is 19.7 Å². The van der Waals surface area contributed by atoms with Crippen LogP contribution >= 0.6 is 0 Å². The van der Waals surface area contributed by atoms with Gasteiger partial charge in [-0.3, -0.25) is 4.79 Å². The van der Waals surface area contributed by atoms with Gasteiger partial charge in [-0.1, -0.05) is 18.9 Å². The van der Waals surface area contributed by atoms with Gasteiger partial charge < -0.3 is 11.1 Å². The van der Waals surface area contributed by atoms with Crippen molar-refractivity contribution < 1.29 is 4.79 Å². The minimum Gasteiger partial charge on any atom is -0.383 e. The molecule has 3 heterocycles. The van der Waals surface area contributed by atoms with Gasteiger partial charge in [-0.15, -0.1) is 6.58 Å². The Balaban J connectivity index is 1.75. The lowest BCUT2D eigenvalue weighted by Gasteiger charge is -2.13. The number of allylic oxidation sites excluding steroid dienone is 1. The third-order valence-electron chi connectivity index (χ3n) is 5.95. The molecule has 8 nitrogen and oxygen atoms in total. The molecule has 0 radical (unpaired) electrons. The molecule has 30 heavy (non-hydrogen) atoms. The van der Waals surface area contributed by atoms with Crippen molar-refractivity contribution in [1.29, 1.82) is 5.26 Å². The molecule has 1 amide bonds. The summed E-state index contributed by atoms with van der Waals surface area (Å²) in [5.74, 6) is 0.166. The number of nitrogens with two attached hydrogens (primary N) is 1. The van der Waals surface area contributed by atoms with Gasteiger partial charge in [0.2, 0.25) is 5.91 Å². The van der Waals surface area contributed by atoms with E-state index in [2.05, 4.69) is 22.9 Å². The van der Waals surface area contributed by atoms with Gasteiger partial charge >= 0.3 is 0 Å². The molecular weight excluding hydrogens is 378 g/mol. The Morgan fingerprint density at radius 3 is 2.87 bits per heavy atom. The van der Waals surface area contributed by atoms with E-state index in [9.17, 15) is 10.1 Å². The number of hydrogen-bond acceptors (Lipinski definition) is 6. The van der Waals surface area contributed by atoms with E-state index in [0.717, 1.165) is 31.2 Å². The maximum absolute atomic E-state index is 13.0. The highest BCUT2D eigenvalue weighted by molar-refractivity contribution is 6.07. The quantitative estimate of drug-likeness (QED) is 0.650. The van der Waals surface area contributed by atoms with Gasteiger partial charge in [-0.05, 0) is 36.6 Å². The standard InChI is InChI=1S/C22H21N7O/c1-2-5-16-26-19(17-14-10-12(11-23)8-9-15(14)25-22(17)30)18-20(24)29(28-21(18)27-16)13-6-3-4-7-13/h2,8-10,13,17H,1,3-7,24H2,(H,25,30). The Hall–Kier alpha value is -3.73. The Morgan fingerprint density at radius 1 is 1.33 bits per heavy atom. The van der Waals surface area contributed by atoms with Crippen molar-refractivity contribution in [3.63, 3.8) is 0 Å². The van der Waals surface area contributed by atoms with Crippen LogP contribution in [0.5, 0.6) is 0 Å². The summed E-state index contributed by atoms with van der Waals surface area (Å²) in [4.78, 5) is 22.3. The van der Waals surface area contributed by atoms with E-state index in [1.807, 2.05) is 4.68 Å². The molecule has 150 valence electrons. The van der Waals surface area contributed by atoms with Crippen molar-refractivity contribution in [2.75, 3.05) is 11.1 Å². The molecule has 0 bridgehead atoms. The first kappa shape index (κ1) is 18.3. The molecule has 5 rings (SSSR count). The monoisotopic (exact) mass is 399 g/mol. The fourth-order valence-corrected chi connectivity index (χ4v) is 4.56. The Kier molecular flexibility index (Phi) is 4.24. The van der Waals surface area contributed by atoms with Gasteiger partial charge in [-0.25, -0.2) is 14.6 Å². The number of anilines is 2. The van der Waals surface area contributed by atoms with Crippen LogP contribution < -0.4 is 11.1 Å². The number of fused-ring (bicyclic) bond motifs is 2. The summed E-state index contributed by atoms with van der Waals surface area (Å²) in [5.41, 5.74) is 9.47. The number of nitrogens with one attached hydrogen (secondary N) is 1. The fourth-order valence-electron chi connectivity index (χ4n) is 4.56. The second kappa shape index (κ2) is 6.95. The smallest absolute Gasteiger partial charge is 0.238 e. The van der Waals surface area contributed by atoms with Crippen LogP contribution in [0.3, 0.4) is 0 Å². The van der Waals surface area contributed by atoms with E-state index >= 15 is 0 Å². The molecule has 0 spiro atoms. The third-order valence-corrected chi connectivity index (χ3v) is 5.95. The van der Waals surface area contributed by atoms with E-state index in [0.29, 0.717) is 46.0 Å². The van der Waals surface area contributed by atoms with Gasteiger partial charge in [-0.2, -0.15) is 10.4 Å². The topological polar surface area (TPSA) is 123 Å². The normalized spacial score (nSPS) is 18.4. The molecule has 1 aromatic carbocycles. The molecule has 2 aliphatic rings. The summed E-state index contributed by atoms with van der Waals surface area (Å²) in [5, 5.41) is 17.5. The number of benzene rings is 1. The van der Waals surface area contributed by atoms with Crippen LogP contribution in [0.1, 0.15) is 60.3 Å². The number of nitrogen functional groups attached to an aromatic ring is 1. The average molecular weight is 399 g/mol. The predicted molar refractivity (Wildman–Crippen MR) is 113 cm³/mol. The van der Waals surface area contributed by atoms with Crippen molar-refractivity contribution in [2.45, 2.75) is 44.1 Å². The zero-order valence-corrected chi connectivity index (χ0v) is 16.4. The molecule has 1 saturated carbocycles. The van der Waals surface area contributed by atoms with Crippen molar-refractivity contribution in [3.05, 3.63) is 53.5 Å². The second-order valence-electron chi connectivity index (χ2n) is 7.82. The maximum atomic E-state index is 13.0. The first-order chi connectivity index (χ1) is 14.6. The van der Waals surface area contributed by atoms with E-state index in [1.165, 1.54) is 0 Å². The summed E-state index contributed by atoms with van der Waals surface area (Å²) in [6.07, 6.45) is 6.53. The molecule has 0 saturated heterocycles. The number of nitrogens with zero attached hydrogens (tertiary/aromatic N) is 5. The van der Waals surface area contributed by atoms with Crippen LogP contribution in [0, 0.1) is 11.3 Å². The van der Waals surface area contributed by atoms with Crippen molar-refractivity contribution in [2.24, 2.45) is 0 Å². The lowest BCUT2D eigenvalue weighted by Crippen LogP contribution is -2.16. The molecule has 1 aliphatic carbocycles. The lowest BCUT2D eigenvalue weighted by atomic mass is 9.93. The van der Waals surface area contributed by atoms with Gasteiger partial charge in [0.05, 0.1) is 28.8 Å². The third kappa shape index (κ3) is 2.74. The Morgan fingerprint density at radius 2 is 2.13 bits per heavy atom. The molecule has 1 unspecified atom stereocenters. The van der Waals surface area contributed by atoms with Gasteiger partial charge in [0, 0.05) is 12.1 Å². The van der Waals surface area contributed by atoms with Crippen LogP contribution in [0.2, 0.25) is 0 Å². The predicted octanol–water partition coefficient (Wildman–Crippen LogP) is 3.21. The molecule has 1 aliphatic heterocycles. The first-order valence-corrected chi connectivity index (χ1v) is 10.1. The highest BCUT2D eigenvalue weighted by Gasteiger charge is 2.37. The zero-order valence-electron chi connectivity index (χ0n) is 16.4. The SMILES string of the molecule is C=CCc1nc(C2C(=O)Nc3ccc(C#N)cc32)c2c(N)n(C3CCCC3)nc2n1. The van der Waals surface area contributed by atoms with E-state index in [-0.39, 0.29) is 11.9 Å². The average Bonchev–Trinajstić information content (AvgIpc) is 3.44. The summed E-state index contributed by atoms with van der Waals surface area (Å²) >= 11 is 0. The molecular formula is C22H21N7O. The number of carbonyl (C=O) groups excluding carboxylic acids is 1. The number of carbonyl (C=O) groups is 1. The van der Waals surface area contributed by atoms with Gasteiger partial charge in [0.1, 0.15) is 17.6 Å². The highest BCUT2D eigenvalue weighted by Crippen LogP contribution is 2.42. The molecule has 1 fully saturated rings. The first-order valence-electron chi connectivity index (χ1n) is 10.1. The van der Waals surface area contributed by atoms with Crippen LogP contribution in [-0.4, -0.2) is 25.7 Å². The van der Waals surface area contributed by atoms with Crippen LogP contribution in [-0.2, 0) is 11.2 Å². The molecule has 1 atom stereocenters. The van der Waals surface area contributed by atoms with E-state index in [1.54, 1.807) is 24.3 Å². The van der Waals surface area contributed by atoms with Crippen molar-refractivity contribution >= 4 is 28.4 Å². The summed E-state index contributed by atoms with van der Waals surface area (Å²) < 4.78 is 1.85. The van der Waals surface area contributed by atoms with Crippen LogP contribution in [0.25, 0.3) is 11.0 Å². The number of rotatable bonds is 4. The summed E-state index contributed by atoms with van der Waals surface area (Å²) in [6.45, 7) is 3.78.